The van der Waals surface area contributed by atoms with E-state index < -0.39 is 12.0 Å². The van der Waals surface area contributed by atoms with E-state index in [1.54, 1.807) is 0 Å². The van der Waals surface area contributed by atoms with Crippen molar-refractivity contribution in [2.75, 3.05) is 0 Å². The molecular weight excluding hydrogens is 198 g/mol. The normalized spacial score (nSPS) is 30.0. The molecule has 1 heterocycles. The average Bonchev–Trinajstić information content (AvgIpc) is 2.91. The fraction of sp³-hybridized carbons (Fsp3) is 0.500. The molecule has 1 saturated carbocycles. The molecule has 0 radical (unpaired) electrons. The molecule has 2 fully saturated rings. The highest BCUT2D eigenvalue weighted by atomic mass is 16.4. The zero-order chi connectivity index (χ0) is 11.2. The van der Waals surface area contributed by atoms with E-state index in [1.807, 2.05) is 0 Å². The number of imide groups is 1. The Kier molecular flexibility index (Phi) is 2.10. The molecule has 3 unspecified atom stereocenters. The summed E-state index contributed by atoms with van der Waals surface area (Å²) < 4.78 is 0. The maximum atomic E-state index is 11.6. The van der Waals surface area contributed by atoms with Gasteiger partial charge in [-0.2, -0.15) is 0 Å². The van der Waals surface area contributed by atoms with Crippen LogP contribution in [0.3, 0.4) is 0 Å². The highest BCUT2D eigenvalue weighted by Gasteiger charge is 2.60. The van der Waals surface area contributed by atoms with Crippen molar-refractivity contribution in [3.8, 4) is 0 Å². The van der Waals surface area contributed by atoms with Crippen molar-refractivity contribution in [3.63, 3.8) is 0 Å². The number of hydrogen-bond donors (Lipinski definition) is 1. The van der Waals surface area contributed by atoms with Gasteiger partial charge in [-0.3, -0.25) is 14.5 Å². The van der Waals surface area contributed by atoms with Crippen LogP contribution in [-0.4, -0.2) is 33.8 Å². The minimum absolute atomic E-state index is 0.103. The zero-order valence-electron chi connectivity index (χ0n) is 8.05. The number of carboxylic acid groups (broad SMARTS) is 1. The molecule has 2 amide bonds. The molecule has 0 bridgehead atoms. The minimum atomic E-state index is -1.15. The van der Waals surface area contributed by atoms with E-state index in [9.17, 15) is 14.4 Å². The number of hydrogen-bond acceptors (Lipinski definition) is 3. The predicted molar refractivity (Wildman–Crippen MR) is 49.7 cm³/mol. The van der Waals surface area contributed by atoms with Crippen LogP contribution in [0.5, 0.6) is 0 Å². The van der Waals surface area contributed by atoms with Gasteiger partial charge >= 0.3 is 5.97 Å². The Morgan fingerprint density at radius 2 is 2.07 bits per heavy atom. The molecule has 5 nitrogen and oxygen atoms in total. The maximum Gasteiger partial charge on any atom is 0.327 e. The lowest BCUT2D eigenvalue weighted by Gasteiger charge is -2.22. The zero-order valence-corrected chi connectivity index (χ0v) is 8.05. The van der Waals surface area contributed by atoms with Crippen molar-refractivity contribution in [2.24, 2.45) is 11.8 Å². The van der Waals surface area contributed by atoms with Gasteiger partial charge in [0.15, 0.2) is 0 Å². The largest absolute Gasteiger partial charge is 0.480 e. The van der Waals surface area contributed by atoms with E-state index in [1.165, 1.54) is 6.08 Å². The van der Waals surface area contributed by atoms with Crippen molar-refractivity contribution < 1.29 is 19.5 Å². The van der Waals surface area contributed by atoms with Crippen LogP contribution in [0.1, 0.15) is 12.8 Å². The highest BCUT2D eigenvalue weighted by molar-refractivity contribution is 6.11. The summed E-state index contributed by atoms with van der Waals surface area (Å²) in [5.41, 5.74) is 0. The molecule has 80 valence electrons. The summed E-state index contributed by atoms with van der Waals surface area (Å²) in [4.78, 5) is 35.0. The number of carboxylic acids is 1. The van der Waals surface area contributed by atoms with Gasteiger partial charge in [-0.1, -0.05) is 6.08 Å². The Labute approximate surface area is 86.4 Å². The molecule has 2 aliphatic rings. The van der Waals surface area contributed by atoms with Gasteiger partial charge in [-0.15, -0.1) is 6.58 Å². The predicted octanol–water partition coefficient (Wildman–Crippen LogP) is 0.0206. The Morgan fingerprint density at radius 1 is 1.53 bits per heavy atom. The quantitative estimate of drug-likeness (QED) is 0.523. The van der Waals surface area contributed by atoms with E-state index in [0.717, 1.165) is 4.90 Å². The smallest absolute Gasteiger partial charge is 0.327 e. The molecular formula is C10H11NO4. The first-order valence-corrected chi connectivity index (χ1v) is 4.78. The van der Waals surface area contributed by atoms with Crippen molar-refractivity contribution in [1.82, 2.24) is 4.90 Å². The number of carbonyl (C=O) groups is 3. The number of nitrogens with zero attached hydrogens (tertiary/aromatic N) is 1. The summed E-state index contributed by atoms with van der Waals surface area (Å²) in [5.74, 6) is -2.32. The summed E-state index contributed by atoms with van der Waals surface area (Å²) in [5, 5.41) is 8.91. The molecule has 3 atom stereocenters. The third-order valence-electron chi connectivity index (χ3n) is 2.89. The van der Waals surface area contributed by atoms with Crippen LogP contribution in [-0.2, 0) is 14.4 Å². The lowest BCUT2D eigenvalue weighted by molar-refractivity contribution is -0.155. The van der Waals surface area contributed by atoms with E-state index in [2.05, 4.69) is 6.58 Å². The van der Waals surface area contributed by atoms with Crippen LogP contribution in [0.4, 0.5) is 0 Å². The van der Waals surface area contributed by atoms with Crippen molar-refractivity contribution in [3.05, 3.63) is 12.7 Å². The van der Waals surface area contributed by atoms with E-state index in [4.69, 9.17) is 5.11 Å². The molecule has 0 spiro atoms. The molecule has 15 heavy (non-hydrogen) atoms. The Balaban J connectivity index is 2.21. The van der Waals surface area contributed by atoms with Gasteiger partial charge in [-0.05, 0) is 12.8 Å². The molecule has 1 aliphatic carbocycles. The highest BCUT2D eigenvalue weighted by Crippen LogP contribution is 2.47. The third kappa shape index (κ3) is 1.35. The number of rotatable bonds is 4. The van der Waals surface area contributed by atoms with Gasteiger partial charge in [0.1, 0.15) is 6.04 Å². The molecule has 5 heteroatoms. The van der Waals surface area contributed by atoms with Gasteiger partial charge < -0.3 is 5.11 Å². The first kappa shape index (κ1) is 9.89. The SMILES string of the molecule is C=CCC(C(=O)O)N1C(=O)C2CC2C1=O. The van der Waals surface area contributed by atoms with E-state index >= 15 is 0 Å². The standard InChI is InChI=1S/C10H11NO4/c1-2-3-7(10(14)15)11-8(12)5-4-6(5)9(11)13/h2,5-7H,1,3-4H2,(H,14,15). The fourth-order valence-corrected chi connectivity index (χ4v) is 1.99. The minimum Gasteiger partial charge on any atom is -0.480 e. The lowest BCUT2D eigenvalue weighted by atomic mass is 10.1. The number of piperidine rings is 1. The first-order valence-electron chi connectivity index (χ1n) is 4.78. The average molecular weight is 209 g/mol. The van der Waals surface area contributed by atoms with Crippen LogP contribution in [0.2, 0.25) is 0 Å². The van der Waals surface area contributed by atoms with Gasteiger partial charge in [0.25, 0.3) is 0 Å². The summed E-state index contributed by atoms with van der Waals surface area (Å²) in [6, 6.07) is -1.07. The molecule has 0 aromatic rings. The first-order chi connectivity index (χ1) is 7.07. The maximum absolute atomic E-state index is 11.6. The fourth-order valence-electron chi connectivity index (χ4n) is 1.99. The van der Waals surface area contributed by atoms with Gasteiger partial charge in [0, 0.05) is 0 Å². The molecule has 1 aliphatic heterocycles. The number of aliphatic carboxylic acids is 1. The second-order valence-electron chi connectivity index (χ2n) is 3.87. The molecule has 2 rings (SSSR count). The summed E-state index contributed by atoms with van der Waals surface area (Å²) in [6.45, 7) is 3.42. The third-order valence-corrected chi connectivity index (χ3v) is 2.89. The van der Waals surface area contributed by atoms with Gasteiger partial charge in [0.05, 0.1) is 11.8 Å². The van der Waals surface area contributed by atoms with Crippen LogP contribution in [0, 0.1) is 11.8 Å². The topological polar surface area (TPSA) is 74.7 Å². The molecule has 1 N–H and O–H groups in total. The van der Waals surface area contributed by atoms with Crippen molar-refractivity contribution in [2.45, 2.75) is 18.9 Å². The van der Waals surface area contributed by atoms with E-state index in [0.29, 0.717) is 6.42 Å². The number of carbonyl (C=O) groups excluding carboxylic acids is 2. The van der Waals surface area contributed by atoms with Crippen molar-refractivity contribution in [1.29, 1.82) is 0 Å². The Bertz CT molecular complexity index is 342. The number of likely N-dealkylation sites (tertiary alicyclic amines) is 1. The number of fused-ring (bicyclic) bond motifs is 1. The van der Waals surface area contributed by atoms with Gasteiger partial charge in [-0.25, -0.2) is 4.79 Å². The van der Waals surface area contributed by atoms with Crippen molar-refractivity contribution >= 4 is 17.8 Å². The molecule has 0 aromatic heterocycles. The summed E-state index contributed by atoms with van der Waals surface area (Å²) in [7, 11) is 0. The van der Waals surface area contributed by atoms with Crippen LogP contribution >= 0.6 is 0 Å². The second kappa shape index (κ2) is 3.18. The monoisotopic (exact) mass is 209 g/mol. The van der Waals surface area contributed by atoms with Crippen LogP contribution in [0.25, 0.3) is 0 Å². The van der Waals surface area contributed by atoms with Gasteiger partial charge in [0.2, 0.25) is 11.8 Å². The lowest BCUT2D eigenvalue weighted by Crippen LogP contribution is -2.46. The molecule has 1 saturated heterocycles. The van der Waals surface area contributed by atoms with Crippen LogP contribution < -0.4 is 0 Å². The van der Waals surface area contributed by atoms with E-state index in [-0.39, 0.29) is 30.1 Å². The summed E-state index contributed by atoms with van der Waals surface area (Å²) >= 11 is 0. The van der Waals surface area contributed by atoms with Crippen LogP contribution in [0.15, 0.2) is 12.7 Å². The Hall–Kier alpha value is -1.65. The Morgan fingerprint density at radius 3 is 2.47 bits per heavy atom. The second-order valence-corrected chi connectivity index (χ2v) is 3.87. The molecule has 0 aromatic carbocycles. The number of amides is 2. The summed E-state index contributed by atoms with van der Waals surface area (Å²) in [6.07, 6.45) is 2.10.